The summed E-state index contributed by atoms with van der Waals surface area (Å²) in [7, 11) is 1.68. The van der Waals surface area contributed by atoms with Gasteiger partial charge in [-0.3, -0.25) is 0 Å². The molecule has 2 N–H and O–H groups in total. The second-order valence-corrected chi connectivity index (χ2v) is 6.10. The molecule has 122 valence electrons. The number of ether oxygens (including phenoxy) is 2. The van der Waals surface area contributed by atoms with E-state index in [2.05, 4.69) is 17.0 Å². The average molecular weight is 333 g/mol. The fourth-order valence-electron chi connectivity index (χ4n) is 2.82. The van der Waals surface area contributed by atoms with E-state index in [1.165, 1.54) is 5.69 Å². The van der Waals surface area contributed by atoms with Gasteiger partial charge in [0.15, 0.2) is 0 Å². The van der Waals surface area contributed by atoms with Crippen molar-refractivity contribution in [3.05, 3.63) is 47.5 Å². The first kappa shape index (κ1) is 15.8. The lowest BCUT2D eigenvalue weighted by molar-refractivity contribution is 0.171. The Morgan fingerprint density at radius 2 is 1.78 bits per heavy atom. The number of benzene rings is 2. The fraction of sp³-hybridized carbons (Fsp3) is 0.333. The van der Waals surface area contributed by atoms with Gasteiger partial charge < -0.3 is 20.1 Å². The molecule has 5 heteroatoms. The van der Waals surface area contributed by atoms with E-state index in [4.69, 9.17) is 26.8 Å². The number of nitrogens with two attached hydrogens (primary N) is 1. The third-order valence-corrected chi connectivity index (χ3v) is 4.42. The van der Waals surface area contributed by atoms with Gasteiger partial charge in [0.05, 0.1) is 12.1 Å². The molecule has 0 aromatic heterocycles. The van der Waals surface area contributed by atoms with Crippen molar-refractivity contribution in [1.82, 2.24) is 0 Å². The Labute approximate surface area is 141 Å². The third-order valence-electron chi connectivity index (χ3n) is 4.13. The van der Waals surface area contributed by atoms with Gasteiger partial charge in [0, 0.05) is 37.3 Å². The summed E-state index contributed by atoms with van der Waals surface area (Å²) in [5.74, 6) is 1.59. The Hall–Kier alpha value is -2.07. The third kappa shape index (κ3) is 3.82. The highest BCUT2D eigenvalue weighted by molar-refractivity contribution is 6.32. The Morgan fingerprint density at radius 3 is 2.39 bits per heavy atom. The maximum Gasteiger partial charge on any atom is 0.138 e. The van der Waals surface area contributed by atoms with Gasteiger partial charge in [-0.1, -0.05) is 11.6 Å². The van der Waals surface area contributed by atoms with Crippen LogP contribution in [0.25, 0.3) is 0 Å². The van der Waals surface area contributed by atoms with Crippen LogP contribution in [0.4, 0.5) is 11.4 Å². The topological polar surface area (TPSA) is 47.7 Å². The number of nitrogen functional groups attached to an aromatic ring is 1. The number of rotatable bonds is 4. The normalized spacial score (nSPS) is 15.5. The number of hydrogen-bond acceptors (Lipinski definition) is 4. The molecule has 23 heavy (non-hydrogen) atoms. The average Bonchev–Trinajstić information content (AvgIpc) is 2.58. The van der Waals surface area contributed by atoms with Crippen LogP contribution in [0.5, 0.6) is 11.5 Å². The van der Waals surface area contributed by atoms with E-state index >= 15 is 0 Å². The van der Waals surface area contributed by atoms with Gasteiger partial charge in [-0.15, -0.1) is 0 Å². The van der Waals surface area contributed by atoms with Crippen LogP contribution in [-0.4, -0.2) is 26.3 Å². The highest BCUT2D eigenvalue weighted by atomic mass is 35.5. The highest BCUT2D eigenvalue weighted by Crippen LogP contribution is 2.30. The lowest BCUT2D eigenvalue weighted by Gasteiger charge is -2.34. The van der Waals surface area contributed by atoms with Crippen molar-refractivity contribution >= 4 is 23.0 Å². The molecule has 1 aliphatic rings. The standard InChI is InChI=1S/C18H21ClN2O2/c1-22-15-5-3-14(4-6-15)21-10-8-16(9-11-21)23-18-7-2-13(20)12-17(18)19/h2-7,12,16H,8-11,20H2,1H3. The summed E-state index contributed by atoms with van der Waals surface area (Å²) in [5.41, 5.74) is 7.58. The predicted octanol–water partition coefficient (Wildman–Crippen LogP) is 3.98. The van der Waals surface area contributed by atoms with Gasteiger partial charge in [0.25, 0.3) is 0 Å². The largest absolute Gasteiger partial charge is 0.497 e. The van der Waals surface area contributed by atoms with E-state index in [1.807, 2.05) is 24.3 Å². The van der Waals surface area contributed by atoms with E-state index in [9.17, 15) is 0 Å². The minimum atomic E-state index is 0.186. The maximum absolute atomic E-state index is 6.17. The first-order valence-corrected chi connectivity index (χ1v) is 8.14. The van der Waals surface area contributed by atoms with Gasteiger partial charge in [0.1, 0.15) is 17.6 Å². The SMILES string of the molecule is COc1ccc(N2CCC(Oc3ccc(N)cc3Cl)CC2)cc1. The molecule has 1 heterocycles. The zero-order chi connectivity index (χ0) is 16.2. The molecule has 0 spiro atoms. The molecule has 1 fully saturated rings. The monoisotopic (exact) mass is 332 g/mol. The Morgan fingerprint density at radius 1 is 1.09 bits per heavy atom. The summed E-state index contributed by atoms with van der Waals surface area (Å²) in [6.07, 6.45) is 2.12. The maximum atomic E-state index is 6.17. The van der Waals surface area contributed by atoms with Crippen LogP contribution >= 0.6 is 11.6 Å². The smallest absolute Gasteiger partial charge is 0.138 e. The van der Waals surface area contributed by atoms with Gasteiger partial charge >= 0.3 is 0 Å². The summed E-state index contributed by atoms with van der Waals surface area (Å²) in [5, 5.41) is 0.572. The van der Waals surface area contributed by atoms with E-state index in [-0.39, 0.29) is 6.10 Å². The lowest BCUT2D eigenvalue weighted by Crippen LogP contribution is -2.38. The minimum absolute atomic E-state index is 0.186. The van der Waals surface area contributed by atoms with Gasteiger partial charge in [-0.25, -0.2) is 0 Å². The van der Waals surface area contributed by atoms with Crippen molar-refractivity contribution in [2.75, 3.05) is 30.8 Å². The van der Waals surface area contributed by atoms with Crippen LogP contribution in [0.2, 0.25) is 5.02 Å². The Kier molecular flexibility index (Phi) is 4.82. The first-order chi connectivity index (χ1) is 11.2. The number of halogens is 1. The number of nitrogens with zero attached hydrogens (tertiary/aromatic N) is 1. The van der Waals surface area contributed by atoms with Gasteiger partial charge in [-0.2, -0.15) is 0 Å². The van der Waals surface area contributed by atoms with Crippen LogP contribution < -0.4 is 20.1 Å². The van der Waals surface area contributed by atoms with Crippen molar-refractivity contribution in [2.45, 2.75) is 18.9 Å². The zero-order valence-electron chi connectivity index (χ0n) is 13.2. The summed E-state index contributed by atoms with van der Waals surface area (Å²) < 4.78 is 11.2. The second kappa shape index (κ2) is 7.01. The van der Waals surface area contributed by atoms with E-state index in [0.717, 1.165) is 31.7 Å². The van der Waals surface area contributed by atoms with Crippen molar-refractivity contribution in [3.63, 3.8) is 0 Å². The fourth-order valence-corrected chi connectivity index (χ4v) is 3.05. The number of methoxy groups -OCH3 is 1. The quantitative estimate of drug-likeness (QED) is 0.860. The molecule has 1 saturated heterocycles. The summed E-state index contributed by atoms with van der Waals surface area (Å²) >= 11 is 6.17. The molecule has 0 aliphatic carbocycles. The van der Waals surface area contributed by atoms with Crippen LogP contribution in [0.15, 0.2) is 42.5 Å². The molecule has 2 aromatic carbocycles. The summed E-state index contributed by atoms with van der Waals surface area (Å²) in [6, 6.07) is 13.6. The van der Waals surface area contributed by atoms with Gasteiger partial charge in [0.2, 0.25) is 0 Å². The van der Waals surface area contributed by atoms with Crippen molar-refractivity contribution in [1.29, 1.82) is 0 Å². The van der Waals surface area contributed by atoms with Crippen LogP contribution in [-0.2, 0) is 0 Å². The van der Waals surface area contributed by atoms with Crippen molar-refractivity contribution in [3.8, 4) is 11.5 Å². The Bertz CT molecular complexity index is 653. The van der Waals surface area contributed by atoms with E-state index in [0.29, 0.717) is 16.5 Å². The molecule has 4 nitrogen and oxygen atoms in total. The van der Waals surface area contributed by atoms with Crippen molar-refractivity contribution < 1.29 is 9.47 Å². The molecule has 0 saturated carbocycles. The number of hydrogen-bond donors (Lipinski definition) is 1. The van der Waals surface area contributed by atoms with Crippen LogP contribution in [0, 0.1) is 0 Å². The number of piperidine rings is 1. The van der Waals surface area contributed by atoms with E-state index < -0.39 is 0 Å². The molecule has 0 bridgehead atoms. The molecule has 0 atom stereocenters. The first-order valence-electron chi connectivity index (χ1n) is 7.76. The number of anilines is 2. The molecule has 2 aromatic rings. The zero-order valence-corrected chi connectivity index (χ0v) is 13.9. The molecular weight excluding hydrogens is 312 g/mol. The van der Waals surface area contributed by atoms with Crippen LogP contribution in [0.1, 0.15) is 12.8 Å². The molecule has 0 radical (unpaired) electrons. The van der Waals surface area contributed by atoms with Crippen LogP contribution in [0.3, 0.4) is 0 Å². The lowest BCUT2D eigenvalue weighted by atomic mass is 10.1. The Balaban J connectivity index is 1.57. The second-order valence-electron chi connectivity index (χ2n) is 5.69. The molecular formula is C18H21ClN2O2. The highest BCUT2D eigenvalue weighted by Gasteiger charge is 2.21. The minimum Gasteiger partial charge on any atom is -0.497 e. The van der Waals surface area contributed by atoms with Gasteiger partial charge in [-0.05, 0) is 42.5 Å². The molecule has 1 aliphatic heterocycles. The molecule has 0 amide bonds. The molecule has 3 rings (SSSR count). The van der Waals surface area contributed by atoms with Crippen molar-refractivity contribution in [2.24, 2.45) is 0 Å². The van der Waals surface area contributed by atoms with E-state index in [1.54, 1.807) is 13.2 Å². The predicted molar refractivity (Wildman–Crippen MR) is 94.7 cm³/mol. The molecule has 0 unspecified atom stereocenters. The summed E-state index contributed by atoms with van der Waals surface area (Å²) in [4.78, 5) is 2.36. The summed E-state index contributed by atoms with van der Waals surface area (Å²) in [6.45, 7) is 1.92.